The molecule has 1 amide bonds. The van der Waals surface area contributed by atoms with Crippen molar-refractivity contribution in [2.75, 3.05) is 38.5 Å². The molecule has 0 bridgehead atoms. The highest BCUT2D eigenvalue weighted by atomic mass is 32.2. The highest BCUT2D eigenvalue weighted by Gasteiger charge is 2.28. The van der Waals surface area contributed by atoms with Gasteiger partial charge < -0.3 is 10.2 Å². The maximum atomic E-state index is 11.7. The molecule has 0 aromatic rings. The number of amides is 1. The Morgan fingerprint density at radius 1 is 1.29 bits per heavy atom. The van der Waals surface area contributed by atoms with Gasteiger partial charge in [0.1, 0.15) is 0 Å². The van der Waals surface area contributed by atoms with Crippen molar-refractivity contribution < 1.29 is 13.2 Å². The van der Waals surface area contributed by atoms with Gasteiger partial charge in [0.05, 0.1) is 12.3 Å². The van der Waals surface area contributed by atoms with Crippen LogP contribution in [0, 0.1) is 5.92 Å². The molecule has 0 aromatic heterocycles. The van der Waals surface area contributed by atoms with E-state index in [9.17, 15) is 13.2 Å². The second kappa shape index (κ2) is 5.32. The monoisotopic (exact) mass is 261 g/mol. The van der Waals surface area contributed by atoms with Crippen LogP contribution in [0.15, 0.2) is 0 Å². The predicted octanol–water partition coefficient (Wildman–Crippen LogP) is -1.25. The second-order valence-electron chi connectivity index (χ2n) is 4.68. The summed E-state index contributed by atoms with van der Waals surface area (Å²) in [6.07, 6.45) is 1.99. The highest BCUT2D eigenvalue weighted by Crippen LogP contribution is 2.29. The lowest BCUT2D eigenvalue weighted by atomic mass is 10.3. The molecule has 2 rings (SSSR count). The van der Waals surface area contributed by atoms with Gasteiger partial charge >= 0.3 is 0 Å². The molecule has 0 radical (unpaired) electrons. The number of nitrogens with one attached hydrogen (secondary N) is 2. The minimum absolute atomic E-state index is 0.102. The van der Waals surface area contributed by atoms with Crippen LogP contribution < -0.4 is 10.0 Å². The van der Waals surface area contributed by atoms with E-state index >= 15 is 0 Å². The fourth-order valence-electron chi connectivity index (χ4n) is 1.85. The average molecular weight is 261 g/mol. The van der Waals surface area contributed by atoms with Gasteiger partial charge in [-0.05, 0) is 18.8 Å². The average Bonchev–Trinajstić information content (AvgIpc) is 3.10. The van der Waals surface area contributed by atoms with Crippen LogP contribution in [0.1, 0.15) is 12.8 Å². The molecule has 6 nitrogen and oxygen atoms in total. The van der Waals surface area contributed by atoms with E-state index < -0.39 is 10.0 Å². The van der Waals surface area contributed by atoms with Gasteiger partial charge in [0, 0.05) is 26.2 Å². The molecule has 2 fully saturated rings. The van der Waals surface area contributed by atoms with Crippen molar-refractivity contribution in [3.05, 3.63) is 0 Å². The van der Waals surface area contributed by atoms with Gasteiger partial charge in [-0.1, -0.05) is 0 Å². The van der Waals surface area contributed by atoms with Crippen LogP contribution in [0.3, 0.4) is 0 Å². The molecule has 1 saturated heterocycles. The summed E-state index contributed by atoms with van der Waals surface area (Å²) >= 11 is 0. The first-order valence-electron chi connectivity index (χ1n) is 6.03. The fraction of sp³-hybridized carbons (Fsp3) is 0.900. The SMILES string of the molecule is O=C(CNS(=O)(=O)CC1CC1)N1CCNCC1. The molecule has 0 unspecified atom stereocenters. The normalized spacial score (nSPS) is 21.5. The molecular weight excluding hydrogens is 242 g/mol. The zero-order chi connectivity index (χ0) is 12.3. The van der Waals surface area contributed by atoms with Gasteiger partial charge in [0.2, 0.25) is 15.9 Å². The number of hydrogen-bond donors (Lipinski definition) is 2. The molecule has 2 N–H and O–H groups in total. The zero-order valence-corrected chi connectivity index (χ0v) is 10.6. The Labute approximate surface area is 102 Å². The lowest BCUT2D eigenvalue weighted by Gasteiger charge is -2.27. The Morgan fingerprint density at radius 2 is 1.94 bits per heavy atom. The van der Waals surface area contributed by atoms with Crippen LogP contribution in [0.5, 0.6) is 0 Å². The van der Waals surface area contributed by atoms with E-state index in [1.165, 1.54) is 0 Å². The summed E-state index contributed by atoms with van der Waals surface area (Å²) in [5, 5.41) is 3.14. The van der Waals surface area contributed by atoms with E-state index in [0.717, 1.165) is 25.9 Å². The van der Waals surface area contributed by atoms with Gasteiger partial charge in [0.15, 0.2) is 0 Å². The molecule has 1 heterocycles. The molecule has 0 aromatic carbocycles. The highest BCUT2D eigenvalue weighted by molar-refractivity contribution is 7.89. The van der Waals surface area contributed by atoms with E-state index in [1.807, 2.05) is 0 Å². The summed E-state index contributed by atoms with van der Waals surface area (Å²) in [7, 11) is -3.27. The minimum Gasteiger partial charge on any atom is -0.339 e. The summed E-state index contributed by atoms with van der Waals surface area (Å²) in [6.45, 7) is 2.77. The zero-order valence-electron chi connectivity index (χ0n) is 9.81. The van der Waals surface area contributed by atoms with E-state index in [1.54, 1.807) is 4.90 Å². The van der Waals surface area contributed by atoms with Crippen LogP contribution in [0.25, 0.3) is 0 Å². The standard InChI is InChI=1S/C10H19N3O3S/c14-10(13-5-3-11-4-6-13)7-12-17(15,16)8-9-1-2-9/h9,11-12H,1-8H2. The summed E-state index contributed by atoms with van der Waals surface area (Å²) < 4.78 is 25.5. The molecule has 1 aliphatic carbocycles. The molecular formula is C10H19N3O3S. The largest absolute Gasteiger partial charge is 0.339 e. The number of piperazine rings is 1. The van der Waals surface area contributed by atoms with Crippen LogP contribution in [0.2, 0.25) is 0 Å². The third-order valence-corrected chi connectivity index (χ3v) is 4.56. The molecule has 7 heteroatoms. The van der Waals surface area contributed by atoms with Crippen molar-refractivity contribution in [1.82, 2.24) is 14.9 Å². The Morgan fingerprint density at radius 3 is 2.53 bits per heavy atom. The molecule has 1 saturated carbocycles. The quantitative estimate of drug-likeness (QED) is 0.648. The number of nitrogens with zero attached hydrogens (tertiary/aromatic N) is 1. The Kier molecular flexibility index (Phi) is 4.01. The van der Waals surface area contributed by atoms with Crippen LogP contribution in [-0.2, 0) is 14.8 Å². The van der Waals surface area contributed by atoms with Crippen LogP contribution >= 0.6 is 0 Å². The molecule has 1 aliphatic heterocycles. The van der Waals surface area contributed by atoms with Gasteiger partial charge in [0.25, 0.3) is 0 Å². The van der Waals surface area contributed by atoms with Crippen molar-refractivity contribution in [1.29, 1.82) is 0 Å². The summed E-state index contributed by atoms with van der Waals surface area (Å²) in [6, 6.07) is 0. The molecule has 98 valence electrons. The number of sulfonamides is 1. The first kappa shape index (κ1) is 12.8. The first-order chi connectivity index (χ1) is 8.07. The van der Waals surface area contributed by atoms with E-state index in [4.69, 9.17) is 0 Å². The maximum absolute atomic E-state index is 11.7. The Balaban J connectivity index is 1.74. The second-order valence-corrected chi connectivity index (χ2v) is 6.53. The third-order valence-electron chi connectivity index (χ3n) is 3.07. The van der Waals surface area contributed by atoms with Crippen molar-refractivity contribution in [2.45, 2.75) is 12.8 Å². The van der Waals surface area contributed by atoms with Crippen molar-refractivity contribution in [3.63, 3.8) is 0 Å². The van der Waals surface area contributed by atoms with Crippen molar-refractivity contribution in [2.24, 2.45) is 5.92 Å². The fourth-order valence-corrected chi connectivity index (χ4v) is 3.27. The predicted molar refractivity (Wildman–Crippen MR) is 64.0 cm³/mol. The lowest BCUT2D eigenvalue weighted by molar-refractivity contribution is -0.130. The summed E-state index contributed by atoms with van der Waals surface area (Å²) in [5.74, 6) is 0.342. The van der Waals surface area contributed by atoms with Gasteiger partial charge in [-0.15, -0.1) is 0 Å². The number of carbonyl (C=O) groups excluding carboxylic acids is 1. The lowest BCUT2D eigenvalue weighted by Crippen LogP contribution is -2.49. The number of hydrogen-bond acceptors (Lipinski definition) is 4. The minimum atomic E-state index is -3.27. The van der Waals surface area contributed by atoms with E-state index in [0.29, 0.717) is 19.0 Å². The van der Waals surface area contributed by atoms with E-state index in [2.05, 4.69) is 10.0 Å². The van der Waals surface area contributed by atoms with Gasteiger partial charge in [-0.2, -0.15) is 0 Å². The van der Waals surface area contributed by atoms with Gasteiger partial charge in [-0.25, -0.2) is 13.1 Å². The summed E-state index contributed by atoms with van der Waals surface area (Å²) in [4.78, 5) is 13.4. The Hall–Kier alpha value is -0.660. The molecule has 0 spiro atoms. The van der Waals surface area contributed by atoms with Crippen LogP contribution in [0.4, 0.5) is 0 Å². The molecule has 17 heavy (non-hydrogen) atoms. The topological polar surface area (TPSA) is 78.5 Å². The van der Waals surface area contributed by atoms with Crippen LogP contribution in [-0.4, -0.2) is 57.7 Å². The number of rotatable bonds is 5. The molecule has 0 atom stereocenters. The third kappa shape index (κ3) is 4.25. The van der Waals surface area contributed by atoms with Crippen molar-refractivity contribution in [3.8, 4) is 0 Å². The maximum Gasteiger partial charge on any atom is 0.237 e. The Bertz CT molecular complexity index is 372. The first-order valence-corrected chi connectivity index (χ1v) is 7.68. The number of carbonyl (C=O) groups is 1. The molecule has 2 aliphatic rings. The van der Waals surface area contributed by atoms with Gasteiger partial charge in [-0.3, -0.25) is 4.79 Å². The van der Waals surface area contributed by atoms with Crippen molar-refractivity contribution >= 4 is 15.9 Å². The van der Waals surface area contributed by atoms with E-state index in [-0.39, 0.29) is 18.2 Å². The summed E-state index contributed by atoms with van der Waals surface area (Å²) in [5.41, 5.74) is 0. The smallest absolute Gasteiger partial charge is 0.237 e.